The molecule has 13 heteroatoms. The molecule has 3 heterocycles. The van der Waals surface area contributed by atoms with Gasteiger partial charge in [-0.2, -0.15) is 9.78 Å². The van der Waals surface area contributed by atoms with E-state index in [0.29, 0.717) is 16.5 Å². The minimum absolute atomic E-state index is 0.0178. The lowest BCUT2D eigenvalue weighted by Crippen LogP contribution is -2.20. The topological polar surface area (TPSA) is 150 Å². The molecule has 0 unspecified atom stereocenters. The highest BCUT2D eigenvalue weighted by atomic mass is 35.5. The Balaban J connectivity index is 1.58. The number of aromatic nitrogens is 6. The summed E-state index contributed by atoms with van der Waals surface area (Å²) in [5.74, 6) is -0.0647. The molecule has 0 saturated carbocycles. The first-order valence-electron chi connectivity index (χ1n) is 8.76. The third-order valence-electron chi connectivity index (χ3n) is 3.93. The molecule has 0 atom stereocenters. The number of nitrogens with zero attached hydrogens (tertiary/aromatic N) is 7. The number of pyridine rings is 1. The van der Waals surface area contributed by atoms with Crippen LogP contribution < -0.4 is 11.2 Å². The highest BCUT2D eigenvalue weighted by Crippen LogP contribution is 2.27. The van der Waals surface area contributed by atoms with E-state index in [9.17, 15) is 4.79 Å². The molecule has 0 fully saturated rings. The van der Waals surface area contributed by atoms with Crippen LogP contribution in [0.5, 0.6) is 0 Å². The number of hydrogen-bond acceptors (Lipinski definition) is 10. The van der Waals surface area contributed by atoms with Crippen molar-refractivity contribution in [1.29, 1.82) is 0 Å². The monoisotopic (exact) mass is 455 g/mol. The van der Waals surface area contributed by atoms with Gasteiger partial charge >= 0.3 is 0 Å². The molecule has 0 aliphatic heterocycles. The maximum atomic E-state index is 12.7. The van der Waals surface area contributed by atoms with Crippen LogP contribution in [0.4, 0.5) is 5.82 Å². The van der Waals surface area contributed by atoms with Gasteiger partial charge in [-0.05, 0) is 40.6 Å². The number of hydrazone groups is 1. The number of nitrogens with one attached hydrogen (secondary N) is 1. The summed E-state index contributed by atoms with van der Waals surface area (Å²) in [7, 11) is 0. The van der Waals surface area contributed by atoms with Crippen molar-refractivity contribution < 1.29 is 9.42 Å². The normalized spacial score (nSPS) is 11.1. The SMILES string of the molecule is Nc1nonc1-n1nnc(C(=O)N/N=C/c2cccnc2)c1CSc1ccc(Cl)cc1. The Morgan fingerprint density at radius 3 is 2.84 bits per heavy atom. The standard InChI is InChI=1S/C18H14ClN9O2S/c19-12-3-5-13(6-4-12)31-10-14-15(23-27-28(14)17-16(20)25-30-26-17)18(29)24-22-9-11-2-1-7-21-8-11/h1-9H,10H2,(H2,20,25)(H,24,29)/b22-9+. The summed E-state index contributed by atoms with van der Waals surface area (Å²) in [4.78, 5) is 17.6. The van der Waals surface area contributed by atoms with Crippen molar-refractivity contribution in [3.63, 3.8) is 0 Å². The van der Waals surface area contributed by atoms with Crippen molar-refractivity contribution >= 4 is 41.3 Å². The van der Waals surface area contributed by atoms with E-state index in [1.54, 1.807) is 36.7 Å². The van der Waals surface area contributed by atoms with Gasteiger partial charge in [-0.3, -0.25) is 9.78 Å². The largest absolute Gasteiger partial charge is 0.378 e. The minimum atomic E-state index is -0.548. The number of carbonyl (C=O) groups excluding carboxylic acids is 1. The molecule has 0 bridgehead atoms. The Hall–Kier alpha value is -3.77. The van der Waals surface area contributed by atoms with E-state index < -0.39 is 5.91 Å². The van der Waals surface area contributed by atoms with Crippen LogP contribution in [-0.4, -0.2) is 42.4 Å². The molecular weight excluding hydrogens is 442 g/mol. The van der Waals surface area contributed by atoms with E-state index in [1.807, 2.05) is 12.1 Å². The lowest BCUT2D eigenvalue weighted by atomic mass is 10.3. The molecule has 31 heavy (non-hydrogen) atoms. The molecular formula is C18H14ClN9O2S. The number of anilines is 1. The van der Waals surface area contributed by atoms with Crippen molar-refractivity contribution in [3.8, 4) is 5.82 Å². The third-order valence-corrected chi connectivity index (χ3v) is 5.20. The smallest absolute Gasteiger partial charge is 0.293 e. The molecule has 0 saturated heterocycles. The molecule has 156 valence electrons. The van der Waals surface area contributed by atoms with Crippen molar-refractivity contribution in [3.05, 3.63) is 70.8 Å². The van der Waals surface area contributed by atoms with Gasteiger partial charge in [0.2, 0.25) is 11.6 Å². The number of carbonyl (C=O) groups is 1. The van der Waals surface area contributed by atoms with Gasteiger partial charge in [-0.15, -0.1) is 16.9 Å². The van der Waals surface area contributed by atoms with Crippen LogP contribution in [0.3, 0.4) is 0 Å². The van der Waals surface area contributed by atoms with E-state index in [0.717, 1.165) is 10.5 Å². The second-order valence-electron chi connectivity index (χ2n) is 6.00. The predicted octanol–water partition coefficient (Wildman–Crippen LogP) is 2.34. The van der Waals surface area contributed by atoms with E-state index in [1.165, 1.54) is 22.7 Å². The molecule has 3 N–H and O–H groups in total. The number of benzene rings is 1. The summed E-state index contributed by atoms with van der Waals surface area (Å²) in [6, 6.07) is 10.8. The zero-order valence-electron chi connectivity index (χ0n) is 15.7. The first-order valence-corrected chi connectivity index (χ1v) is 10.1. The zero-order valence-corrected chi connectivity index (χ0v) is 17.3. The Morgan fingerprint density at radius 1 is 1.29 bits per heavy atom. The average Bonchev–Trinajstić information content (AvgIpc) is 3.39. The van der Waals surface area contributed by atoms with Gasteiger partial charge in [0.25, 0.3) is 5.91 Å². The number of rotatable bonds is 7. The van der Waals surface area contributed by atoms with E-state index in [-0.39, 0.29) is 17.3 Å². The van der Waals surface area contributed by atoms with Gasteiger partial charge < -0.3 is 5.73 Å². The number of amides is 1. The number of nitrogen functional groups attached to an aromatic ring is 1. The molecule has 3 aromatic heterocycles. The number of nitrogens with two attached hydrogens (primary N) is 1. The highest BCUT2D eigenvalue weighted by Gasteiger charge is 2.24. The van der Waals surface area contributed by atoms with Gasteiger partial charge in [0, 0.05) is 33.6 Å². The molecule has 0 aliphatic carbocycles. The van der Waals surface area contributed by atoms with Gasteiger partial charge in [-0.25, -0.2) is 10.1 Å². The quantitative estimate of drug-likeness (QED) is 0.243. The van der Waals surface area contributed by atoms with Crippen molar-refractivity contribution in [2.75, 3.05) is 5.73 Å². The molecule has 0 spiro atoms. The Bertz CT molecular complexity index is 1210. The van der Waals surface area contributed by atoms with Crippen LogP contribution in [0, 0.1) is 0 Å². The maximum Gasteiger partial charge on any atom is 0.293 e. The van der Waals surface area contributed by atoms with Crippen LogP contribution in [0.15, 0.2) is 63.4 Å². The average molecular weight is 456 g/mol. The van der Waals surface area contributed by atoms with E-state index >= 15 is 0 Å². The second-order valence-corrected chi connectivity index (χ2v) is 7.48. The van der Waals surface area contributed by atoms with Crippen LogP contribution in [-0.2, 0) is 5.75 Å². The van der Waals surface area contributed by atoms with Gasteiger partial charge in [-0.1, -0.05) is 22.9 Å². The van der Waals surface area contributed by atoms with Crippen LogP contribution in [0.2, 0.25) is 5.02 Å². The molecule has 4 rings (SSSR count). The Kier molecular flexibility index (Phi) is 6.19. The van der Waals surface area contributed by atoms with Gasteiger partial charge in [0.1, 0.15) is 0 Å². The van der Waals surface area contributed by atoms with Gasteiger partial charge in [0.05, 0.1) is 11.9 Å². The fourth-order valence-corrected chi connectivity index (χ4v) is 3.49. The number of hydrogen-bond donors (Lipinski definition) is 2. The molecule has 11 nitrogen and oxygen atoms in total. The second kappa shape index (κ2) is 9.36. The molecule has 1 aromatic carbocycles. The van der Waals surface area contributed by atoms with Crippen molar-refractivity contribution in [2.45, 2.75) is 10.6 Å². The fourth-order valence-electron chi connectivity index (χ4n) is 2.47. The first-order chi connectivity index (χ1) is 15.1. The summed E-state index contributed by atoms with van der Waals surface area (Å²) >= 11 is 7.39. The predicted molar refractivity (Wildman–Crippen MR) is 114 cm³/mol. The van der Waals surface area contributed by atoms with Crippen LogP contribution >= 0.6 is 23.4 Å². The molecule has 4 aromatic rings. The molecule has 0 radical (unpaired) electrons. The van der Waals surface area contributed by atoms with Crippen LogP contribution in [0.1, 0.15) is 21.7 Å². The zero-order chi connectivity index (χ0) is 21.6. The highest BCUT2D eigenvalue weighted by molar-refractivity contribution is 7.98. The Morgan fingerprint density at radius 2 is 2.13 bits per heavy atom. The van der Waals surface area contributed by atoms with Crippen molar-refractivity contribution in [2.24, 2.45) is 5.10 Å². The minimum Gasteiger partial charge on any atom is -0.378 e. The summed E-state index contributed by atoms with van der Waals surface area (Å²) in [5.41, 5.74) is 9.46. The summed E-state index contributed by atoms with van der Waals surface area (Å²) < 4.78 is 5.96. The first kappa shape index (κ1) is 20.5. The van der Waals surface area contributed by atoms with E-state index in [4.69, 9.17) is 17.3 Å². The fraction of sp³-hybridized carbons (Fsp3) is 0.0556. The number of halogens is 1. The van der Waals surface area contributed by atoms with Crippen LogP contribution in [0.25, 0.3) is 5.82 Å². The summed E-state index contributed by atoms with van der Waals surface area (Å²) in [5, 5.41) is 19.8. The summed E-state index contributed by atoms with van der Waals surface area (Å²) in [6.45, 7) is 0. The third kappa shape index (κ3) is 4.87. The van der Waals surface area contributed by atoms with Crippen molar-refractivity contribution in [1.82, 2.24) is 35.7 Å². The van der Waals surface area contributed by atoms with E-state index in [2.05, 4.69) is 40.8 Å². The molecule has 1 amide bonds. The molecule has 0 aliphatic rings. The lowest BCUT2D eigenvalue weighted by molar-refractivity contribution is 0.0949. The maximum absolute atomic E-state index is 12.7. The summed E-state index contributed by atoms with van der Waals surface area (Å²) in [6.07, 6.45) is 4.72. The lowest BCUT2D eigenvalue weighted by Gasteiger charge is -2.06. The Labute approximate surface area is 184 Å². The van der Waals surface area contributed by atoms with Gasteiger partial charge in [0.15, 0.2) is 5.69 Å². The number of thioether (sulfide) groups is 1.